The normalized spacial score (nSPS) is 14.4. The Labute approximate surface area is 90.1 Å². The third-order valence-corrected chi connectivity index (χ3v) is 2.45. The van der Waals surface area contributed by atoms with Gasteiger partial charge < -0.3 is 15.4 Å². The number of benzene rings is 1. The van der Waals surface area contributed by atoms with Gasteiger partial charge in [0, 0.05) is 7.05 Å². The Bertz CT molecular complexity index is 374. The Morgan fingerprint density at radius 2 is 2.40 bits per heavy atom. The van der Waals surface area contributed by atoms with Gasteiger partial charge in [-0.1, -0.05) is 18.2 Å². The molecule has 0 saturated heterocycles. The van der Waals surface area contributed by atoms with Crippen molar-refractivity contribution in [3.8, 4) is 5.75 Å². The van der Waals surface area contributed by atoms with Gasteiger partial charge in [-0.25, -0.2) is 0 Å². The average molecular weight is 204 g/mol. The summed E-state index contributed by atoms with van der Waals surface area (Å²) in [5, 5.41) is 0. The van der Waals surface area contributed by atoms with Gasteiger partial charge in [-0.15, -0.1) is 0 Å². The minimum absolute atomic E-state index is 0.644. The molecule has 0 amide bonds. The number of nitrogens with zero attached hydrogens (tertiary/aromatic N) is 1. The Kier molecular flexibility index (Phi) is 2.92. The van der Waals surface area contributed by atoms with Gasteiger partial charge in [0.2, 0.25) is 0 Å². The van der Waals surface area contributed by atoms with Gasteiger partial charge in [0.25, 0.3) is 0 Å². The largest absolute Gasteiger partial charge is 0.471 e. The van der Waals surface area contributed by atoms with Crippen molar-refractivity contribution in [2.24, 2.45) is 5.73 Å². The van der Waals surface area contributed by atoms with E-state index in [-0.39, 0.29) is 0 Å². The van der Waals surface area contributed by atoms with Gasteiger partial charge in [-0.2, -0.15) is 0 Å². The summed E-state index contributed by atoms with van der Waals surface area (Å²) in [6.45, 7) is 1.34. The molecule has 0 spiro atoms. The van der Waals surface area contributed by atoms with E-state index >= 15 is 0 Å². The number of hydrogen-bond acceptors (Lipinski definition) is 3. The molecule has 0 atom stereocenters. The van der Waals surface area contributed by atoms with E-state index in [9.17, 15) is 0 Å². The Balaban J connectivity index is 2.18. The van der Waals surface area contributed by atoms with Crippen molar-refractivity contribution in [2.45, 2.75) is 6.42 Å². The van der Waals surface area contributed by atoms with Gasteiger partial charge >= 0.3 is 0 Å². The lowest BCUT2D eigenvalue weighted by Crippen LogP contribution is -2.14. The van der Waals surface area contributed by atoms with Crippen LogP contribution in [0.3, 0.4) is 0 Å². The van der Waals surface area contributed by atoms with Crippen molar-refractivity contribution in [1.29, 1.82) is 0 Å². The second kappa shape index (κ2) is 4.36. The fourth-order valence-corrected chi connectivity index (χ4v) is 1.61. The molecule has 0 aromatic heterocycles. The molecule has 1 aliphatic heterocycles. The van der Waals surface area contributed by atoms with E-state index in [1.54, 1.807) is 0 Å². The molecule has 0 unspecified atom stereocenters. The van der Waals surface area contributed by atoms with Crippen molar-refractivity contribution < 1.29 is 4.74 Å². The number of anilines is 1. The lowest BCUT2D eigenvalue weighted by atomic mass is 10.1. The highest BCUT2D eigenvalue weighted by atomic mass is 16.5. The van der Waals surface area contributed by atoms with Crippen LogP contribution in [0, 0.1) is 0 Å². The minimum atomic E-state index is 0.644. The lowest BCUT2D eigenvalue weighted by Gasteiger charge is -2.07. The topological polar surface area (TPSA) is 38.5 Å². The maximum absolute atomic E-state index is 5.47. The van der Waals surface area contributed by atoms with Gasteiger partial charge in [-0.05, 0) is 30.7 Å². The van der Waals surface area contributed by atoms with E-state index in [2.05, 4.69) is 29.2 Å². The minimum Gasteiger partial charge on any atom is -0.471 e. The van der Waals surface area contributed by atoms with E-state index in [1.807, 2.05) is 13.1 Å². The van der Waals surface area contributed by atoms with Crippen molar-refractivity contribution in [3.63, 3.8) is 0 Å². The maximum atomic E-state index is 5.47. The molecular formula is C12H16N2O. The molecule has 1 aromatic carbocycles. The predicted molar refractivity (Wildman–Crippen MR) is 63.0 cm³/mol. The summed E-state index contributed by atoms with van der Waals surface area (Å²) < 4.78 is 5.47. The van der Waals surface area contributed by atoms with Crippen LogP contribution in [0.4, 0.5) is 5.69 Å². The quantitative estimate of drug-likeness (QED) is 0.816. The standard InChI is InChI=1S/C12H16N2O/c1-14-9-15-12-6-5-10(8-11(12)14)4-2-3-7-13/h2,4-6,8H,3,7,9,13H2,1H3/b4-2+. The highest BCUT2D eigenvalue weighted by Crippen LogP contribution is 2.33. The molecule has 3 heteroatoms. The molecule has 3 nitrogen and oxygen atoms in total. The summed E-state index contributed by atoms with van der Waals surface area (Å²) in [4.78, 5) is 2.09. The SMILES string of the molecule is CN1COc2ccc(/C=C/CCN)cc21. The summed E-state index contributed by atoms with van der Waals surface area (Å²) in [6, 6.07) is 6.21. The third-order valence-electron chi connectivity index (χ3n) is 2.45. The van der Waals surface area contributed by atoms with Crippen molar-refractivity contribution in [1.82, 2.24) is 0 Å². The summed E-state index contributed by atoms with van der Waals surface area (Å²) in [6.07, 6.45) is 5.11. The van der Waals surface area contributed by atoms with E-state index in [1.165, 1.54) is 5.56 Å². The van der Waals surface area contributed by atoms with Crippen LogP contribution >= 0.6 is 0 Å². The zero-order chi connectivity index (χ0) is 10.7. The molecule has 2 N–H and O–H groups in total. The monoisotopic (exact) mass is 204 g/mol. The molecule has 15 heavy (non-hydrogen) atoms. The highest BCUT2D eigenvalue weighted by Gasteiger charge is 2.16. The first-order chi connectivity index (χ1) is 7.31. The van der Waals surface area contributed by atoms with Crippen LogP contribution in [-0.4, -0.2) is 20.3 Å². The van der Waals surface area contributed by atoms with E-state index < -0.39 is 0 Å². The van der Waals surface area contributed by atoms with Crippen LogP contribution in [0.2, 0.25) is 0 Å². The number of ether oxygens (including phenoxy) is 1. The summed E-state index contributed by atoms with van der Waals surface area (Å²) >= 11 is 0. The Hall–Kier alpha value is -1.48. The van der Waals surface area contributed by atoms with Gasteiger partial charge in [0.15, 0.2) is 6.73 Å². The Morgan fingerprint density at radius 1 is 1.53 bits per heavy atom. The molecule has 0 bridgehead atoms. The van der Waals surface area contributed by atoms with Crippen LogP contribution < -0.4 is 15.4 Å². The first kappa shape index (κ1) is 10.1. The van der Waals surface area contributed by atoms with Crippen LogP contribution in [0.5, 0.6) is 5.75 Å². The lowest BCUT2D eigenvalue weighted by molar-refractivity contribution is 0.353. The van der Waals surface area contributed by atoms with Crippen molar-refractivity contribution in [3.05, 3.63) is 29.8 Å². The smallest absolute Gasteiger partial charge is 0.161 e. The molecule has 1 heterocycles. The maximum Gasteiger partial charge on any atom is 0.161 e. The van der Waals surface area contributed by atoms with Gasteiger partial charge in [-0.3, -0.25) is 0 Å². The summed E-state index contributed by atoms with van der Waals surface area (Å²) in [7, 11) is 2.03. The molecule has 0 aliphatic carbocycles. The number of fused-ring (bicyclic) bond motifs is 1. The van der Waals surface area contributed by atoms with Crippen LogP contribution in [0.1, 0.15) is 12.0 Å². The number of hydrogen-bond donors (Lipinski definition) is 1. The molecule has 80 valence electrons. The predicted octanol–water partition coefficient (Wildman–Crippen LogP) is 1.83. The number of nitrogens with two attached hydrogens (primary N) is 1. The third kappa shape index (κ3) is 2.13. The molecule has 2 rings (SSSR count). The Morgan fingerprint density at radius 3 is 3.20 bits per heavy atom. The van der Waals surface area contributed by atoms with Crippen LogP contribution in [0.15, 0.2) is 24.3 Å². The van der Waals surface area contributed by atoms with Crippen LogP contribution in [-0.2, 0) is 0 Å². The molecule has 1 aromatic rings. The van der Waals surface area contributed by atoms with Gasteiger partial charge in [0.1, 0.15) is 5.75 Å². The summed E-state index contributed by atoms with van der Waals surface area (Å²) in [5.41, 5.74) is 7.78. The fraction of sp³-hybridized carbons (Fsp3) is 0.333. The number of rotatable bonds is 3. The van der Waals surface area contributed by atoms with Crippen molar-refractivity contribution >= 4 is 11.8 Å². The first-order valence-corrected chi connectivity index (χ1v) is 5.16. The second-order valence-corrected chi connectivity index (χ2v) is 3.68. The zero-order valence-corrected chi connectivity index (χ0v) is 8.94. The van der Waals surface area contributed by atoms with E-state index in [4.69, 9.17) is 10.5 Å². The molecule has 0 fully saturated rings. The van der Waals surface area contributed by atoms with Crippen LogP contribution in [0.25, 0.3) is 6.08 Å². The molecular weight excluding hydrogens is 188 g/mol. The van der Waals surface area contributed by atoms with Crippen molar-refractivity contribution in [2.75, 3.05) is 25.2 Å². The van der Waals surface area contributed by atoms with E-state index in [0.717, 1.165) is 17.9 Å². The molecule has 0 radical (unpaired) electrons. The highest BCUT2D eigenvalue weighted by molar-refractivity contribution is 5.66. The first-order valence-electron chi connectivity index (χ1n) is 5.16. The second-order valence-electron chi connectivity index (χ2n) is 3.68. The zero-order valence-electron chi connectivity index (χ0n) is 8.94. The molecule has 0 saturated carbocycles. The summed E-state index contributed by atoms with van der Waals surface area (Å²) in [5.74, 6) is 0.966. The van der Waals surface area contributed by atoms with E-state index in [0.29, 0.717) is 13.3 Å². The average Bonchev–Trinajstić information content (AvgIpc) is 2.61. The van der Waals surface area contributed by atoms with Gasteiger partial charge in [0.05, 0.1) is 5.69 Å². The molecule has 1 aliphatic rings. The fourth-order valence-electron chi connectivity index (χ4n) is 1.61.